The van der Waals surface area contributed by atoms with Gasteiger partial charge in [0.2, 0.25) is 0 Å². The van der Waals surface area contributed by atoms with Crippen molar-refractivity contribution in [1.82, 2.24) is 4.72 Å². The lowest BCUT2D eigenvalue weighted by molar-refractivity contribution is 0.573. The van der Waals surface area contributed by atoms with Crippen LogP contribution < -0.4 is 4.72 Å². The fourth-order valence-electron chi connectivity index (χ4n) is 1.65. The first-order valence-corrected chi connectivity index (χ1v) is 8.81. The molecule has 1 aromatic rings. The van der Waals surface area contributed by atoms with Crippen LogP contribution in [0.1, 0.15) is 45.2 Å². The number of allylic oxidation sites excluding steroid dienone is 1. The van der Waals surface area contributed by atoms with Crippen molar-refractivity contribution < 1.29 is 4.21 Å². The monoisotopic (exact) mass is 377 g/mol. The predicted molar refractivity (Wildman–Crippen MR) is 92.4 cm³/mol. The maximum absolute atomic E-state index is 12.3. The van der Waals surface area contributed by atoms with Crippen molar-refractivity contribution in [3.8, 4) is 0 Å². The van der Waals surface area contributed by atoms with Crippen LogP contribution in [0.4, 0.5) is 0 Å². The summed E-state index contributed by atoms with van der Waals surface area (Å²) in [6, 6.07) is 5.63. The minimum atomic E-state index is -1.13. The molecule has 0 spiro atoms. The zero-order valence-corrected chi connectivity index (χ0v) is 15.2. The van der Waals surface area contributed by atoms with Crippen LogP contribution in [-0.2, 0) is 11.0 Å². The number of hydrogen-bond acceptors (Lipinski definition) is 1. The normalized spacial score (nSPS) is 14.8. The molecule has 0 saturated heterocycles. The van der Waals surface area contributed by atoms with Crippen molar-refractivity contribution in [3.05, 3.63) is 45.9 Å². The molecule has 0 aliphatic carbocycles. The Labute approximate surface area is 137 Å². The molecule has 2 atom stereocenters. The van der Waals surface area contributed by atoms with Crippen molar-refractivity contribution in [2.75, 3.05) is 0 Å². The van der Waals surface area contributed by atoms with Crippen LogP contribution in [0.5, 0.6) is 0 Å². The molecule has 0 amide bonds. The second kappa shape index (κ2) is 7.74. The lowest BCUT2D eigenvalue weighted by Crippen LogP contribution is -2.35. The second-order valence-electron chi connectivity index (χ2n) is 5.58. The van der Waals surface area contributed by atoms with Gasteiger partial charge in [0.05, 0.1) is 15.7 Å². The van der Waals surface area contributed by atoms with E-state index >= 15 is 0 Å². The third-order valence-corrected chi connectivity index (χ3v) is 5.37. The molecule has 2 nitrogen and oxygen atoms in total. The van der Waals surface area contributed by atoms with E-state index in [4.69, 9.17) is 11.6 Å². The van der Waals surface area contributed by atoms with E-state index in [1.54, 1.807) is 0 Å². The summed E-state index contributed by atoms with van der Waals surface area (Å²) in [6.07, 6.45) is 3.54. The minimum absolute atomic E-state index is 0.0267. The van der Waals surface area contributed by atoms with Gasteiger partial charge in [0.1, 0.15) is 0 Å². The Morgan fingerprint density at radius 3 is 2.70 bits per heavy atom. The van der Waals surface area contributed by atoms with Crippen LogP contribution in [0, 0.1) is 0 Å². The van der Waals surface area contributed by atoms with Crippen LogP contribution >= 0.6 is 27.5 Å². The minimum Gasteiger partial charge on any atom is -0.242 e. The highest BCUT2D eigenvalue weighted by atomic mass is 79.9. The van der Waals surface area contributed by atoms with Crippen molar-refractivity contribution in [3.63, 3.8) is 0 Å². The van der Waals surface area contributed by atoms with E-state index in [1.807, 2.05) is 45.0 Å². The van der Waals surface area contributed by atoms with E-state index in [1.165, 1.54) is 0 Å². The molecule has 1 unspecified atom stereocenters. The molecule has 0 aliphatic rings. The van der Waals surface area contributed by atoms with Gasteiger partial charge in [-0.05, 0) is 57.4 Å². The Hall–Kier alpha value is -0.160. The molecule has 1 N–H and O–H groups in total. The Morgan fingerprint density at radius 1 is 1.50 bits per heavy atom. The van der Waals surface area contributed by atoms with Gasteiger partial charge in [-0.1, -0.05) is 33.6 Å². The van der Waals surface area contributed by atoms with Gasteiger partial charge in [-0.2, -0.15) is 0 Å². The summed E-state index contributed by atoms with van der Waals surface area (Å²) in [6.45, 7) is 9.61. The topological polar surface area (TPSA) is 29.1 Å². The Bertz CT molecular complexity index is 499. The molecule has 0 heterocycles. The fourth-order valence-corrected chi connectivity index (χ4v) is 3.21. The van der Waals surface area contributed by atoms with Gasteiger partial charge in [-0.3, -0.25) is 0 Å². The van der Waals surface area contributed by atoms with Crippen molar-refractivity contribution in [2.45, 2.75) is 44.4 Å². The van der Waals surface area contributed by atoms with Gasteiger partial charge in [0.15, 0.2) is 0 Å². The summed E-state index contributed by atoms with van der Waals surface area (Å²) >= 11 is 9.62. The van der Waals surface area contributed by atoms with Gasteiger partial charge < -0.3 is 0 Å². The van der Waals surface area contributed by atoms with E-state index in [9.17, 15) is 4.21 Å². The zero-order valence-electron chi connectivity index (χ0n) is 12.1. The SMILES string of the molecule is C=CCCC(N[S@@](=O)C(C)(C)C)c1cc(Cl)ccc1Br. The standard InChI is InChI=1S/C15H21BrClNOS/c1-5-6-7-14(18-20(19)15(2,3)4)12-10-11(17)8-9-13(12)16/h5,8-10,14,18H,1,6-7H2,2-4H3/t14?,20-/m0/s1. The maximum Gasteiger partial charge on any atom is 0.0975 e. The zero-order chi connectivity index (χ0) is 15.3. The van der Waals surface area contributed by atoms with Crippen molar-refractivity contribution in [1.29, 1.82) is 0 Å². The summed E-state index contributed by atoms with van der Waals surface area (Å²) < 4.78 is 16.2. The molecule has 0 bridgehead atoms. The van der Waals surface area contributed by atoms with Gasteiger partial charge in [-0.25, -0.2) is 8.93 Å². The third kappa shape index (κ3) is 5.32. The predicted octanol–water partition coefficient (Wildman–Crippen LogP) is 5.16. The molecule has 112 valence electrons. The first kappa shape index (κ1) is 17.9. The van der Waals surface area contributed by atoms with Crippen LogP contribution in [0.3, 0.4) is 0 Å². The van der Waals surface area contributed by atoms with Gasteiger partial charge in [0.25, 0.3) is 0 Å². The smallest absolute Gasteiger partial charge is 0.0975 e. The summed E-state index contributed by atoms with van der Waals surface area (Å²) in [7, 11) is -1.13. The van der Waals surface area contributed by atoms with E-state index in [2.05, 4.69) is 27.2 Å². The molecule has 20 heavy (non-hydrogen) atoms. The third-order valence-electron chi connectivity index (χ3n) is 2.80. The molecule has 5 heteroatoms. The Kier molecular flexibility index (Phi) is 6.92. The van der Waals surface area contributed by atoms with E-state index in [0.29, 0.717) is 5.02 Å². The molecular weight excluding hydrogens is 358 g/mol. The Balaban J connectivity index is 3.02. The first-order chi connectivity index (χ1) is 9.25. The van der Waals surface area contributed by atoms with Crippen LogP contribution in [-0.4, -0.2) is 8.96 Å². The lowest BCUT2D eigenvalue weighted by Gasteiger charge is -2.25. The average molecular weight is 379 g/mol. The van der Waals surface area contributed by atoms with E-state index < -0.39 is 11.0 Å². The number of halogens is 2. The number of hydrogen-bond donors (Lipinski definition) is 1. The van der Waals surface area contributed by atoms with Crippen molar-refractivity contribution in [2.24, 2.45) is 0 Å². The molecule has 0 aromatic heterocycles. The Morgan fingerprint density at radius 2 is 2.15 bits per heavy atom. The molecule has 1 aromatic carbocycles. The average Bonchev–Trinajstić information content (AvgIpc) is 2.36. The molecule has 0 fully saturated rings. The number of rotatable bonds is 6. The number of nitrogens with one attached hydrogen (secondary N) is 1. The van der Waals surface area contributed by atoms with Crippen LogP contribution in [0.25, 0.3) is 0 Å². The van der Waals surface area contributed by atoms with Crippen LogP contribution in [0.2, 0.25) is 5.02 Å². The highest BCUT2D eigenvalue weighted by molar-refractivity contribution is 9.10. The van der Waals surface area contributed by atoms with E-state index in [-0.39, 0.29) is 10.8 Å². The van der Waals surface area contributed by atoms with Crippen molar-refractivity contribution >= 4 is 38.5 Å². The summed E-state index contributed by atoms with van der Waals surface area (Å²) in [4.78, 5) is 0. The highest BCUT2D eigenvalue weighted by Gasteiger charge is 2.24. The maximum atomic E-state index is 12.3. The van der Waals surface area contributed by atoms with Gasteiger partial charge >= 0.3 is 0 Å². The van der Waals surface area contributed by atoms with Gasteiger partial charge in [-0.15, -0.1) is 6.58 Å². The lowest BCUT2D eigenvalue weighted by atomic mass is 10.0. The van der Waals surface area contributed by atoms with E-state index in [0.717, 1.165) is 22.9 Å². The summed E-state index contributed by atoms with van der Waals surface area (Å²) in [5, 5.41) is 0.676. The molecule has 0 saturated carbocycles. The largest absolute Gasteiger partial charge is 0.242 e. The fraction of sp³-hybridized carbons (Fsp3) is 0.467. The number of benzene rings is 1. The highest BCUT2D eigenvalue weighted by Crippen LogP contribution is 2.30. The molecule has 0 aliphatic heterocycles. The molecular formula is C15H21BrClNOS. The molecule has 1 rings (SSSR count). The first-order valence-electron chi connectivity index (χ1n) is 6.49. The summed E-state index contributed by atoms with van der Waals surface area (Å²) in [5.74, 6) is 0. The van der Waals surface area contributed by atoms with Gasteiger partial charge in [0, 0.05) is 15.5 Å². The quantitative estimate of drug-likeness (QED) is 0.680. The molecule has 0 radical (unpaired) electrons. The second-order valence-corrected chi connectivity index (χ2v) is 8.87. The summed E-state index contributed by atoms with van der Waals surface area (Å²) in [5.41, 5.74) is 1.02. The van der Waals surface area contributed by atoms with Crippen LogP contribution in [0.15, 0.2) is 35.3 Å².